The third-order valence-electron chi connectivity index (χ3n) is 6.70. The molecule has 0 aliphatic rings. The molecule has 1 aromatic heterocycles. The summed E-state index contributed by atoms with van der Waals surface area (Å²) >= 11 is 0. The van der Waals surface area contributed by atoms with Crippen molar-refractivity contribution >= 4 is 44.3 Å². The maximum absolute atomic E-state index is 13.5. The van der Waals surface area contributed by atoms with Crippen LogP contribution < -0.4 is 25.6 Å². The van der Waals surface area contributed by atoms with Gasteiger partial charge in [0, 0.05) is 56.2 Å². The molecule has 0 saturated heterocycles. The number of nitrogens with zero attached hydrogens (tertiary/aromatic N) is 4. The SMILES string of the molecule is CC(C)Nc1nc(NCCCCCCNS(=O)(=O)c2cccc3c(N(C)C)cccc23)nc(NCc2cccc(F)c2)n1. The summed E-state index contributed by atoms with van der Waals surface area (Å²) in [4.78, 5) is 15.6. The van der Waals surface area contributed by atoms with Crippen LogP contribution in [0, 0.1) is 5.82 Å². The van der Waals surface area contributed by atoms with Gasteiger partial charge in [0.2, 0.25) is 27.9 Å². The van der Waals surface area contributed by atoms with Gasteiger partial charge in [-0.1, -0.05) is 49.2 Å². The van der Waals surface area contributed by atoms with E-state index in [4.69, 9.17) is 0 Å². The second-order valence-electron chi connectivity index (χ2n) is 10.9. The summed E-state index contributed by atoms with van der Waals surface area (Å²) in [5.41, 5.74) is 1.76. The summed E-state index contributed by atoms with van der Waals surface area (Å²) in [5.74, 6) is 0.993. The largest absolute Gasteiger partial charge is 0.377 e. The third kappa shape index (κ3) is 9.23. The molecule has 0 aliphatic carbocycles. The van der Waals surface area contributed by atoms with E-state index in [0.717, 1.165) is 42.3 Å². The van der Waals surface area contributed by atoms with Crippen LogP contribution in [0.2, 0.25) is 0 Å². The molecule has 230 valence electrons. The molecule has 12 heteroatoms. The first-order chi connectivity index (χ1) is 20.6. The molecule has 1 heterocycles. The van der Waals surface area contributed by atoms with Crippen molar-refractivity contribution in [2.45, 2.75) is 57.0 Å². The lowest BCUT2D eigenvalue weighted by atomic mass is 10.1. The first-order valence-corrected chi connectivity index (χ1v) is 16.0. The van der Waals surface area contributed by atoms with E-state index in [1.165, 1.54) is 12.1 Å². The van der Waals surface area contributed by atoms with E-state index in [2.05, 4.69) is 35.6 Å². The van der Waals surface area contributed by atoms with Gasteiger partial charge in [-0.15, -0.1) is 0 Å². The maximum atomic E-state index is 13.5. The Morgan fingerprint density at radius 1 is 0.791 bits per heavy atom. The van der Waals surface area contributed by atoms with Crippen molar-refractivity contribution in [2.75, 3.05) is 48.0 Å². The number of hydrogen-bond acceptors (Lipinski definition) is 9. The first-order valence-electron chi connectivity index (χ1n) is 14.6. The molecule has 4 N–H and O–H groups in total. The minimum atomic E-state index is -3.64. The highest BCUT2D eigenvalue weighted by molar-refractivity contribution is 7.89. The molecular formula is C31H41FN8O2S. The van der Waals surface area contributed by atoms with Gasteiger partial charge >= 0.3 is 0 Å². The molecule has 0 spiro atoms. The number of fused-ring (bicyclic) bond motifs is 1. The number of halogens is 1. The highest BCUT2D eigenvalue weighted by Crippen LogP contribution is 2.30. The zero-order valence-electron chi connectivity index (χ0n) is 25.2. The molecule has 0 bridgehead atoms. The van der Waals surface area contributed by atoms with E-state index in [0.29, 0.717) is 47.8 Å². The van der Waals surface area contributed by atoms with E-state index in [1.807, 2.05) is 63.2 Å². The second-order valence-corrected chi connectivity index (χ2v) is 12.6. The Balaban J connectivity index is 1.23. The topological polar surface area (TPSA) is 124 Å². The average molecular weight is 609 g/mol. The van der Waals surface area contributed by atoms with Crippen molar-refractivity contribution in [3.05, 3.63) is 72.0 Å². The van der Waals surface area contributed by atoms with Crippen molar-refractivity contribution in [3.8, 4) is 0 Å². The van der Waals surface area contributed by atoms with Crippen molar-refractivity contribution in [1.82, 2.24) is 19.7 Å². The minimum Gasteiger partial charge on any atom is -0.377 e. The Kier molecular flexibility index (Phi) is 11.1. The van der Waals surface area contributed by atoms with Crippen molar-refractivity contribution in [3.63, 3.8) is 0 Å². The number of hydrogen-bond donors (Lipinski definition) is 4. The van der Waals surface area contributed by atoms with Gasteiger partial charge in [-0.25, -0.2) is 17.5 Å². The number of benzene rings is 3. The van der Waals surface area contributed by atoms with Crippen LogP contribution in [0.3, 0.4) is 0 Å². The van der Waals surface area contributed by atoms with Crippen LogP contribution in [-0.4, -0.2) is 56.6 Å². The van der Waals surface area contributed by atoms with Crippen LogP contribution in [0.1, 0.15) is 45.1 Å². The lowest BCUT2D eigenvalue weighted by Gasteiger charge is -2.17. The summed E-state index contributed by atoms with van der Waals surface area (Å²) in [6, 6.07) is 17.6. The molecule has 0 saturated carbocycles. The van der Waals surface area contributed by atoms with Gasteiger partial charge in [-0.05, 0) is 56.5 Å². The first kappa shape index (κ1) is 31.9. The van der Waals surface area contributed by atoms with Gasteiger partial charge in [0.15, 0.2) is 0 Å². The Morgan fingerprint density at radius 3 is 2.16 bits per heavy atom. The van der Waals surface area contributed by atoms with Crippen LogP contribution in [-0.2, 0) is 16.6 Å². The molecule has 0 amide bonds. The summed E-state index contributed by atoms with van der Waals surface area (Å²) in [5, 5.41) is 11.2. The van der Waals surface area contributed by atoms with Gasteiger partial charge < -0.3 is 20.9 Å². The standard InChI is InChI=1S/C31H41FN8O2S/c1-22(2)36-31-38-29(37-30(39-31)34-21-23-12-9-13-24(32)20-23)33-18-7-5-6-8-19-35-43(41,42)28-17-11-14-25-26(28)15-10-16-27(25)40(3)4/h9-17,20,22,35H,5-8,18-19,21H2,1-4H3,(H3,33,34,36,37,38,39). The quantitative estimate of drug-likeness (QED) is 0.120. The smallest absolute Gasteiger partial charge is 0.241 e. The monoisotopic (exact) mass is 608 g/mol. The number of anilines is 4. The van der Waals surface area contributed by atoms with Gasteiger partial charge in [0.25, 0.3) is 0 Å². The fourth-order valence-electron chi connectivity index (χ4n) is 4.66. The van der Waals surface area contributed by atoms with Crippen LogP contribution >= 0.6 is 0 Å². The van der Waals surface area contributed by atoms with Crippen LogP contribution in [0.4, 0.5) is 27.9 Å². The maximum Gasteiger partial charge on any atom is 0.241 e. The van der Waals surface area contributed by atoms with Gasteiger partial charge in [-0.3, -0.25) is 0 Å². The van der Waals surface area contributed by atoms with Crippen molar-refractivity contribution in [1.29, 1.82) is 0 Å². The summed E-state index contributed by atoms with van der Waals surface area (Å²) in [7, 11) is 0.252. The zero-order chi connectivity index (χ0) is 30.8. The molecule has 43 heavy (non-hydrogen) atoms. The molecule has 0 unspecified atom stereocenters. The number of nitrogens with one attached hydrogen (secondary N) is 4. The van der Waals surface area contributed by atoms with Crippen LogP contribution in [0.15, 0.2) is 65.6 Å². The van der Waals surface area contributed by atoms with Gasteiger partial charge in [0.05, 0.1) is 4.90 Å². The fourth-order valence-corrected chi connectivity index (χ4v) is 5.96. The Labute approximate surface area is 253 Å². The second kappa shape index (κ2) is 14.9. The molecule has 0 aliphatic heterocycles. The fraction of sp³-hybridized carbons (Fsp3) is 0.387. The molecule has 4 aromatic rings. The highest BCUT2D eigenvalue weighted by Gasteiger charge is 2.18. The van der Waals surface area contributed by atoms with E-state index in [-0.39, 0.29) is 11.9 Å². The lowest BCUT2D eigenvalue weighted by molar-refractivity contribution is 0.573. The molecule has 3 aromatic carbocycles. The summed E-state index contributed by atoms with van der Waals surface area (Å²) < 4.78 is 42.5. The van der Waals surface area contributed by atoms with Crippen molar-refractivity contribution < 1.29 is 12.8 Å². The van der Waals surface area contributed by atoms with Crippen molar-refractivity contribution in [2.24, 2.45) is 0 Å². The number of unbranched alkanes of at least 4 members (excludes halogenated alkanes) is 3. The van der Waals surface area contributed by atoms with Gasteiger partial charge in [-0.2, -0.15) is 15.0 Å². The van der Waals surface area contributed by atoms with E-state index in [1.54, 1.807) is 18.2 Å². The lowest BCUT2D eigenvalue weighted by Crippen LogP contribution is -2.25. The minimum absolute atomic E-state index is 0.139. The molecule has 0 atom stereocenters. The van der Waals surface area contributed by atoms with Gasteiger partial charge in [0.1, 0.15) is 5.82 Å². The Hall–Kier alpha value is -4.03. The van der Waals surface area contributed by atoms with E-state index < -0.39 is 10.0 Å². The van der Waals surface area contributed by atoms with E-state index >= 15 is 0 Å². The molecule has 4 rings (SSSR count). The molecule has 10 nitrogen and oxygen atoms in total. The summed E-state index contributed by atoms with van der Waals surface area (Å²) in [6.07, 6.45) is 3.40. The Bertz CT molecular complexity index is 1610. The zero-order valence-corrected chi connectivity index (χ0v) is 26.0. The van der Waals surface area contributed by atoms with Crippen LogP contribution in [0.5, 0.6) is 0 Å². The molecule has 0 radical (unpaired) electrons. The third-order valence-corrected chi connectivity index (χ3v) is 8.22. The Morgan fingerprint density at radius 2 is 1.44 bits per heavy atom. The van der Waals surface area contributed by atoms with E-state index in [9.17, 15) is 12.8 Å². The predicted octanol–water partition coefficient (Wildman–Crippen LogP) is 5.61. The predicted molar refractivity (Wildman–Crippen MR) is 173 cm³/mol. The molecular weight excluding hydrogens is 567 g/mol. The summed E-state index contributed by atoms with van der Waals surface area (Å²) in [6.45, 7) is 5.41. The number of rotatable bonds is 16. The normalized spacial score (nSPS) is 11.6. The molecule has 0 fully saturated rings. The van der Waals surface area contributed by atoms with Crippen LogP contribution in [0.25, 0.3) is 10.8 Å². The highest BCUT2D eigenvalue weighted by atomic mass is 32.2. The number of aromatic nitrogens is 3. The number of sulfonamides is 1. The average Bonchev–Trinajstić information content (AvgIpc) is 2.96.